The van der Waals surface area contributed by atoms with Crippen LogP contribution in [0.25, 0.3) is 5.65 Å². The maximum Gasteiger partial charge on any atom is 0.259 e. The van der Waals surface area contributed by atoms with Crippen LogP contribution in [0, 0.1) is 13.8 Å². The number of nitrogens with zero attached hydrogens (tertiary/aromatic N) is 5. The monoisotopic (exact) mass is 533 g/mol. The van der Waals surface area contributed by atoms with Crippen LogP contribution in [0.1, 0.15) is 32.9 Å². The second-order valence-corrected chi connectivity index (χ2v) is 9.63. The van der Waals surface area contributed by atoms with Crippen molar-refractivity contribution >= 4 is 33.2 Å². The maximum atomic E-state index is 13.5. The van der Waals surface area contributed by atoms with Gasteiger partial charge in [0.25, 0.3) is 5.91 Å². The topological polar surface area (TPSA) is 63.0 Å². The number of rotatable bonds is 5. The average molecular weight is 534 g/mol. The lowest BCUT2D eigenvalue weighted by atomic mass is 10.0. The zero-order valence-corrected chi connectivity index (χ0v) is 21.7. The average Bonchev–Trinajstić information content (AvgIpc) is 3.31. The quantitative estimate of drug-likeness (QED) is 0.373. The Morgan fingerprint density at radius 1 is 1.03 bits per heavy atom. The number of amides is 1. The Hall–Kier alpha value is -3.39. The van der Waals surface area contributed by atoms with Crippen LogP contribution < -0.4 is 9.64 Å². The van der Waals surface area contributed by atoms with E-state index in [-0.39, 0.29) is 5.91 Å². The Balaban J connectivity index is 1.37. The van der Waals surface area contributed by atoms with Gasteiger partial charge in [0.15, 0.2) is 5.65 Å². The van der Waals surface area contributed by atoms with Gasteiger partial charge in [-0.3, -0.25) is 4.79 Å². The molecular weight excluding hydrogens is 506 g/mol. The number of carbonyl (C=O) groups excluding carboxylic acids is 1. The first-order valence-electron chi connectivity index (χ1n) is 11.7. The molecule has 1 saturated heterocycles. The second kappa shape index (κ2) is 9.70. The molecule has 0 bridgehead atoms. The van der Waals surface area contributed by atoms with Gasteiger partial charge in [0.2, 0.25) is 0 Å². The molecule has 0 aliphatic carbocycles. The number of carbonyl (C=O) groups is 1. The molecule has 1 aliphatic heterocycles. The summed E-state index contributed by atoms with van der Waals surface area (Å²) in [6, 6.07) is 16.2. The first kappa shape index (κ1) is 23.4. The van der Waals surface area contributed by atoms with E-state index in [4.69, 9.17) is 9.72 Å². The minimum Gasteiger partial charge on any atom is -0.495 e. The summed E-state index contributed by atoms with van der Waals surface area (Å²) in [6.45, 7) is 6.80. The van der Waals surface area contributed by atoms with Crippen LogP contribution in [0.15, 0.2) is 59.2 Å². The summed E-state index contributed by atoms with van der Waals surface area (Å²) in [6.07, 6.45) is 2.40. The van der Waals surface area contributed by atoms with Crippen molar-refractivity contribution in [2.24, 2.45) is 0 Å². The summed E-state index contributed by atoms with van der Waals surface area (Å²) < 4.78 is 8.39. The number of anilines is 1. The largest absolute Gasteiger partial charge is 0.495 e. The molecule has 3 heterocycles. The van der Waals surface area contributed by atoms with Gasteiger partial charge in [-0.25, -0.2) is 9.50 Å². The lowest BCUT2D eigenvalue weighted by Gasteiger charge is -2.36. The highest BCUT2D eigenvalue weighted by Gasteiger charge is 2.27. The number of benzene rings is 2. The molecule has 0 spiro atoms. The molecular formula is C27H28BrN5O2. The molecule has 8 heteroatoms. The van der Waals surface area contributed by atoms with Crippen LogP contribution in [0.2, 0.25) is 0 Å². The van der Waals surface area contributed by atoms with Crippen molar-refractivity contribution < 1.29 is 9.53 Å². The fraction of sp³-hybridized carbons (Fsp3) is 0.296. The standard InChI is InChI=1S/C27H28BrN5O2/c1-18-21(16-20-8-4-5-9-23(20)28)19(2)33-26(30-18)22(17-29-33)27(34)32-14-12-31(13-15-32)24-10-6-7-11-25(24)35-3/h4-11,17H,12-16H2,1-3H3. The highest BCUT2D eigenvalue weighted by molar-refractivity contribution is 9.10. The Morgan fingerprint density at radius 3 is 2.49 bits per heavy atom. The van der Waals surface area contributed by atoms with Gasteiger partial charge in [0.05, 0.1) is 19.0 Å². The van der Waals surface area contributed by atoms with Crippen molar-refractivity contribution in [2.75, 3.05) is 38.2 Å². The third-order valence-corrected chi connectivity index (χ3v) is 7.53. The molecule has 0 unspecified atom stereocenters. The summed E-state index contributed by atoms with van der Waals surface area (Å²) in [5.74, 6) is 0.827. The van der Waals surface area contributed by atoms with E-state index in [1.165, 1.54) is 5.56 Å². The summed E-state index contributed by atoms with van der Waals surface area (Å²) in [5.41, 5.74) is 6.46. The molecule has 1 fully saturated rings. The Bertz CT molecular complexity index is 1390. The van der Waals surface area contributed by atoms with Crippen LogP contribution in [0.3, 0.4) is 0 Å². The molecule has 0 atom stereocenters. The highest BCUT2D eigenvalue weighted by atomic mass is 79.9. The highest BCUT2D eigenvalue weighted by Crippen LogP contribution is 2.29. The van der Waals surface area contributed by atoms with Gasteiger partial charge < -0.3 is 14.5 Å². The predicted octanol–water partition coefficient (Wildman–Crippen LogP) is 4.67. The molecule has 4 aromatic rings. The minimum absolute atomic E-state index is 0.0236. The van der Waals surface area contributed by atoms with E-state index in [9.17, 15) is 4.79 Å². The molecule has 2 aromatic heterocycles. The van der Waals surface area contributed by atoms with Crippen molar-refractivity contribution in [1.29, 1.82) is 0 Å². The number of aromatic nitrogens is 3. The number of hydrogen-bond donors (Lipinski definition) is 0. The Morgan fingerprint density at radius 2 is 1.74 bits per heavy atom. The van der Waals surface area contributed by atoms with Crippen LogP contribution in [-0.2, 0) is 6.42 Å². The molecule has 5 rings (SSSR count). The van der Waals surface area contributed by atoms with Gasteiger partial charge in [-0.2, -0.15) is 5.10 Å². The molecule has 180 valence electrons. The van der Waals surface area contributed by atoms with E-state index < -0.39 is 0 Å². The smallest absolute Gasteiger partial charge is 0.259 e. The minimum atomic E-state index is -0.0236. The molecule has 35 heavy (non-hydrogen) atoms. The third kappa shape index (κ3) is 4.38. The summed E-state index contributed by atoms with van der Waals surface area (Å²) in [7, 11) is 1.69. The van der Waals surface area contributed by atoms with Gasteiger partial charge in [0, 0.05) is 48.5 Å². The number of methoxy groups -OCH3 is 1. The van der Waals surface area contributed by atoms with Crippen molar-refractivity contribution in [3.63, 3.8) is 0 Å². The number of halogens is 1. The third-order valence-electron chi connectivity index (χ3n) is 6.76. The van der Waals surface area contributed by atoms with Gasteiger partial charge in [0.1, 0.15) is 11.3 Å². The number of piperazine rings is 1. The van der Waals surface area contributed by atoms with Gasteiger partial charge in [-0.05, 0) is 43.2 Å². The molecule has 2 aromatic carbocycles. The first-order valence-corrected chi connectivity index (χ1v) is 12.5. The summed E-state index contributed by atoms with van der Waals surface area (Å²) in [5, 5.41) is 4.55. The maximum absolute atomic E-state index is 13.5. The fourth-order valence-corrected chi connectivity index (χ4v) is 5.19. The van der Waals surface area contributed by atoms with E-state index in [1.807, 2.05) is 55.1 Å². The van der Waals surface area contributed by atoms with Gasteiger partial charge in [-0.1, -0.05) is 46.3 Å². The zero-order valence-electron chi connectivity index (χ0n) is 20.2. The normalized spacial score (nSPS) is 13.9. The van der Waals surface area contributed by atoms with Crippen molar-refractivity contribution in [2.45, 2.75) is 20.3 Å². The van der Waals surface area contributed by atoms with Crippen LogP contribution >= 0.6 is 15.9 Å². The van der Waals surface area contributed by atoms with Crippen LogP contribution in [0.4, 0.5) is 5.69 Å². The molecule has 1 aliphatic rings. The summed E-state index contributed by atoms with van der Waals surface area (Å²) in [4.78, 5) is 22.5. The number of hydrogen-bond acceptors (Lipinski definition) is 5. The number of aryl methyl sites for hydroxylation is 2. The van der Waals surface area contributed by atoms with Crippen LogP contribution in [-0.4, -0.2) is 58.7 Å². The summed E-state index contributed by atoms with van der Waals surface area (Å²) >= 11 is 3.64. The number of ether oxygens (including phenoxy) is 1. The van der Waals surface area contributed by atoms with E-state index in [1.54, 1.807) is 17.8 Å². The van der Waals surface area contributed by atoms with Gasteiger partial charge in [-0.15, -0.1) is 0 Å². The lowest BCUT2D eigenvalue weighted by molar-refractivity contribution is 0.0748. The Kier molecular flexibility index (Phi) is 6.47. The van der Waals surface area contributed by atoms with E-state index in [0.717, 1.165) is 52.4 Å². The first-order chi connectivity index (χ1) is 17.0. The zero-order chi connectivity index (χ0) is 24.5. The van der Waals surface area contributed by atoms with Crippen molar-refractivity contribution in [3.05, 3.63) is 87.3 Å². The predicted molar refractivity (Wildman–Crippen MR) is 141 cm³/mol. The Labute approximate surface area is 213 Å². The lowest BCUT2D eigenvalue weighted by Crippen LogP contribution is -2.48. The molecule has 1 amide bonds. The van der Waals surface area contributed by atoms with Crippen molar-refractivity contribution in [3.8, 4) is 5.75 Å². The molecule has 0 saturated carbocycles. The van der Waals surface area contributed by atoms with E-state index in [2.05, 4.69) is 38.1 Å². The number of para-hydroxylation sites is 2. The molecule has 7 nitrogen and oxygen atoms in total. The fourth-order valence-electron chi connectivity index (χ4n) is 4.76. The van der Waals surface area contributed by atoms with Crippen LogP contribution in [0.5, 0.6) is 5.75 Å². The van der Waals surface area contributed by atoms with E-state index >= 15 is 0 Å². The van der Waals surface area contributed by atoms with Gasteiger partial charge >= 0.3 is 0 Å². The van der Waals surface area contributed by atoms with Crippen molar-refractivity contribution in [1.82, 2.24) is 19.5 Å². The molecule has 0 radical (unpaired) electrons. The SMILES string of the molecule is COc1ccccc1N1CCN(C(=O)c2cnn3c(C)c(Cc4ccccc4Br)c(C)nc23)CC1. The van der Waals surface area contributed by atoms with E-state index in [0.29, 0.717) is 24.3 Å². The molecule has 0 N–H and O–H groups in total. The second-order valence-electron chi connectivity index (χ2n) is 8.77. The number of fused-ring (bicyclic) bond motifs is 1.